The van der Waals surface area contributed by atoms with Crippen LogP contribution in [-0.2, 0) is 11.3 Å². The summed E-state index contributed by atoms with van der Waals surface area (Å²) in [6.45, 7) is 2.76. The lowest BCUT2D eigenvalue weighted by Gasteiger charge is -2.11. The van der Waals surface area contributed by atoms with Gasteiger partial charge in [0.15, 0.2) is 0 Å². The van der Waals surface area contributed by atoms with E-state index < -0.39 is 5.97 Å². The summed E-state index contributed by atoms with van der Waals surface area (Å²) in [4.78, 5) is 12.9. The fourth-order valence-electron chi connectivity index (χ4n) is 1.74. The largest absolute Gasteiger partial charge is 0.462 e. The van der Waals surface area contributed by atoms with Crippen molar-refractivity contribution in [1.82, 2.24) is 0 Å². The third-order valence-electron chi connectivity index (χ3n) is 2.68. The van der Waals surface area contributed by atoms with E-state index in [1.165, 1.54) is 4.88 Å². The number of nitrogens with two attached hydrogens (primary N) is 1. The Morgan fingerprint density at radius 1 is 1.40 bits per heavy atom. The minimum atomic E-state index is -0.396. The molecule has 0 fully saturated rings. The molecule has 0 unspecified atom stereocenters. The molecule has 1 aromatic carbocycles. The standard InChI is InChI=1S/C14H15BrN2O2S/c1-2-19-14(18)10-4-3-5-11(13(10)16)17-8-9-6-7-12(15)20-9/h3-7,17H,2,8,16H2,1H3. The van der Waals surface area contributed by atoms with Gasteiger partial charge in [0.05, 0.1) is 27.3 Å². The van der Waals surface area contributed by atoms with E-state index in [0.29, 0.717) is 24.4 Å². The Bertz CT molecular complexity index is 613. The van der Waals surface area contributed by atoms with Crippen LogP contribution in [0.2, 0.25) is 0 Å². The lowest BCUT2D eigenvalue weighted by molar-refractivity contribution is 0.0527. The van der Waals surface area contributed by atoms with Gasteiger partial charge in [0.25, 0.3) is 0 Å². The van der Waals surface area contributed by atoms with Crippen molar-refractivity contribution in [3.8, 4) is 0 Å². The van der Waals surface area contributed by atoms with Crippen LogP contribution in [-0.4, -0.2) is 12.6 Å². The van der Waals surface area contributed by atoms with Gasteiger partial charge in [-0.05, 0) is 47.1 Å². The Labute approximate surface area is 130 Å². The molecule has 0 amide bonds. The molecule has 3 N–H and O–H groups in total. The van der Waals surface area contributed by atoms with Crippen LogP contribution >= 0.6 is 27.3 Å². The minimum absolute atomic E-state index is 0.332. The smallest absolute Gasteiger partial charge is 0.340 e. The van der Waals surface area contributed by atoms with Gasteiger partial charge < -0.3 is 15.8 Å². The molecule has 106 valence electrons. The summed E-state index contributed by atoms with van der Waals surface area (Å²) >= 11 is 5.08. The van der Waals surface area contributed by atoms with E-state index >= 15 is 0 Å². The number of ether oxygens (including phenoxy) is 1. The molecular formula is C14H15BrN2O2S. The van der Waals surface area contributed by atoms with Crippen molar-refractivity contribution in [3.05, 3.63) is 44.6 Å². The van der Waals surface area contributed by atoms with E-state index in [-0.39, 0.29) is 0 Å². The molecule has 0 bridgehead atoms. The zero-order valence-electron chi connectivity index (χ0n) is 11.0. The second-order valence-corrected chi connectivity index (χ2v) is 6.59. The van der Waals surface area contributed by atoms with Crippen molar-refractivity contribution in [1.29, 1.82) is 0 Å². The van der Waals surface area contributed by atoms with Gasteiger partial charge in [-0.15, -0.1) is 11.3 Å². The fraction of sp³-hybridized carbons (Fsp3) is 0.214. The van der Waals surface area contributed by atoms with E-state index in [1.54, 1.807) is 30.4 Å². The molecule has 1 heterocycles. The first kappa shape index (κ1) is 14.9. The molecule has 0 spiro atoms. The average Bonchev–Trinajstić information content (AvgIpc) is 2.83. The second-order valence-electron chi connectivity index (χ2n) is 4.05. The molecule has 0 aliphatic carbocycles. The molecule has 0 aliphatic rings. The number of rotatable bonds is 5. The lowest BCUT2D eigenvalue weighted by atomic mass is 10.1. The SMILES string of the molecule is CCOC(=O)c1cccc(NCc2ccc(Br)s2)c1N. The van der Waals surface area contributed by atoms with Crippen LogP contribution in [0.3, 0.4) is 0 Å². The maximum Gasteiger partial charge on any atom is 0.340 e. The van der Waals surface area contributed by atoms with Gasteiger partial charge in [-0.1, -0.05) is 6.07 Å². The first-order valence-electron chi connectivity index (χ1n) is 6.15. The highest BCUT2D eigenvalue weighted by molar-refractivity contribution is 9.11. The lowest BCUT2D eigenvalue weighted by Crippen LogP contribution is -2.10. The third kappa shape index (κ3) is 3.52. The molecule has 2 rings (SSSR count). The van der Waals surface area contributed by atoms with Gasteiger partial charge in [-0.25, -0.2) is 4.79 Å². The monoisotopic (exact) mass is 354 g/mol. The van der Waals surface area contributed by atoms with Crippen molar-refractivity contribution in [2.75, 3.05) is 17.7 Å². The number of hydrogen-bond donors (Lipinski definition) is 2. The molecule has 2 aromatic rings. The molecule has 4 nitrogen and oxygen atoms in total. The average molecular weight is 355 g/mol. The molecule has 0 saturated heterocycles. The predicted octanol–water partition coefficient (Wildman–Crippen LogP) is 3.88. The zero-order chi connectivity index (χ0) is 14.5. The number of benzene rings is 1. The van der Waals surface area contributed by atoms with Gasteiger partial charge in [-0.2, -0.15) is 0 Å². The van der Waals surface area contributed by atoms with E-state index in [9.17, 15) is 4.79 Å². The second kappa shape index (κ2) is 6.76. The number of para-hydroxylation sites is 1. The van der Waals surface area contributed by atoms with Crippen LogP contribution in [0.4, 0.5) is 11.4 Å². The van der Waals surface area contributed by atoms with Crippen molar-refractivity contribution in [2.45, 2.75) is 13.5 Å². The molecule has 0 atom stereocenters. The van der Waals surface area contributed by atoms with Gasteiger partial charge in [0.2, 0.25) is 0 Å². The number of halogens is 1. The number of nitrogen functional groups attached to an aromatic ring is 1. The number of nitrogens with one attached hydrogen (secondary N) is 1. The van der Waals surface area contributed by atoms with Gasteiger partial charge in [0, 0.05) is 11.4 Å². The summed E-state index contributed by atoms with van der Waals surface area (Å²) < 4.78 is 6.06. The Morgan fingerprint density at radius 3 is 2.85 bits per heavy atom. The first-order chi connectivity index (χ1) is 9.61. The molecule has 0 aliphatic heterocycles. The quantitative estimate of drug-likeness (QED) is 0.631. The summed E-state index contributed by atoms with van der Waals surface area (Å²) in [7, 11) is 0. The van der Waals surface area contributed by atoms with E-state index in [1.807, 2.05) is 18.2 Å². The Morgan fingerprint density at radius 2 is 2.20 bits per heavy atom. The Kier molecular flexibility index (Phi) is 5.03. The van der Waals surface area contributed by atoms with E-state index in [4.69, 9.17) is 10.5 Å². The first-order valence-corrected chi connectivity index (χ1v) is 7.76. The van der Waals surface area contributed by atoms with Crippen LogP contribution in [0, 0.1) is 0 Å². The number of carbonyl (C=O) groups excluding carboxylic acids is 1. The van der Waals surface area contributed by atoms with E-state index in [0.717, 1.165) is 9.47 Å². The summed E-state index contributed by atoms with van der Waals surface area (Å²) in [5, 5.41) is 3.24. The number of anilines is 2. The summed E-state index contributed by atoms with van der Waals surface area (Å²) in [5.41, 5.74) is 7.56. The number of thiophene rings is 1. The van der Waals surface area contributed by atoms with Crippen LogP contribution in [0.1, 0.15) is 22.2 Å². The van der Waals surface area contributed by atoms with Crippen LogP contribution in [0.15, 0.2) is 34.1 Å². The molecule has 1 aromatic heterocycles. The highest BCUT2D eigenvalue weighted by Gasteiger charge is 2.13. The normalized spacial score (nSPS) is 10.3. The maximum atomic E-state index is 11.8. The van der Waals surface area contributed by atoms with Gasteiger partial charge in [0.1, 0.15) is 0 Å². The topological polar surface area (TPSA) is 64.3 Å². The van der Waals surface area contributed by atoms with Crippen LogP contribution < -0.4 is 11.1 Å². The summed E-state index contributed by atoms with van der Waals surface area (Å²) in [6, 6.07) is 9.34. The molecular weight excluding hydrogens is 340 g/mol. The maximum absolute atomic E-state index is 11.8. The molecule has 0 saturated carbocycles. The van der Waals surface area contributed by atoms with Crippen molar-refractivity contribution >= 4 is 44.6 Å². The highest BCUT2D eigenvalue weighted by Crippen LogP contribution is 2.26. The number of carbonyl (C=O) groups is 1. The zero-order valence-corrected chi connectivity index (χ0v) is 13.4. The van der Waals surface area contributed by atoms with Crippen LogP contribution in [0.25, 0.3) is 0 Å². The van der Waals surface area contributed by atoms with Gasteiger partial charge >= 0.3 is 5.97 Å². The summed E-state index contributed by atoms with van der Waals surface area (Å²) in [6.07, 6.45) is 0. The number of hydrogen-bond acceptors (Lipinski definition) is 5. The third-order valence-corrected chi connectivity index (χ3v) is 4.31. The molecule has 6 heteroatoms. The van der Waals surface area contributed by atoms with Crippen LogP contribution in [0.5, 0.6) is 0 Å². The van der Waals surface area contributed by atoms with E-state index in [2.05, 4.69) is 21.2 Å². The highest BCUT2D eigenvalue weighted by atomic mass is 79.9. The summed E-state index contributed by atoms with van der Waals surface area (Å²) in [5.74, 6) is -0.396. The Hall–Kier alpha value is -1.53. The predicted molar refractivity (Wildman–Crippen MR) is 86.2 cm³/mol. The minimum Gasteiger partial charge on any atom is -0.462 e. The Balaban J connectivity index is 2.12. The van der Waals surface area contributed by atoms with Crippen molar-refractivity contribution in [2.24, 2.45) is 0 Å². The fourth-order valence-corrected chi connectivity index (χ4v) is 3.16. The number of esters is 1. The molecule has 20 heavy (non-hydrogen) atoms. The van der Waals surface area contributed by atoms with Crippen molar-refractivity contribution in [3.63, 3.8) is 0 Å². The van der Waals surface area contributed by atoms with Gasteiger partial charge in [-0.3, -0.25) is 0 Å². The molecule has 0 radical (unpaired) electrons. The van der Waals surface area contributed by atoms with Crippen molar-refractivity contribution < 1.29 is 9.53 Å².